The molecular formula is C26H37N5O2. The molecule has 0 saturated heterocycles. The molecule has 0 fully saturated rings. The topological polar surface area (TPSA) is 99.8 Å². The van der Waals surface area contributed by atoms with E-state index in [1.165, 1.54) is 0 Å². The number of amides is 2. The highest BCUT2D eigenvalue weighted by atomic mass is 16.2. The maximum atomic E-state index is 12.8. The highest BCUT2D eigenvalue weighted by Gasteiger charge is 2.20. The maximum Gasteiger partial charge on any atom is 0.226 e. The summed E-state index contributed by atoms with van der Waals surface area (Å²) in [6.07, 6.45) is 9.37. The van der Waals surface area contributed by atoms with E-state index < -0.39 is 0 Å². The minimum absolute atomic E-state index is 0.0501. The van der Waals surface area contributed by atoms with Crippen molar-refractivity contribution in [1.29, 1.82) is 5.26 Å². The van der Waals surface area contributed by atoms with Gasteiger partial charge in [-0.25, -0.2) is 4.98 Å². The van der Waals surface area contributed by atoms with Gasteiger partial charge in [-0.15, -0.1) is 0 Å². The summed E-state index contributed by atoms with van der Waals surface area (Å²) in [4.78, 5) is 29.2. The third kappa shape index (κ3) is 9.09. The van der Waals surface area contributed by atoms with Gasteiger partial charge in [0.25, 0.3) is 0 Å². The Morgan fingerprint density at radius 2 is 1.88 bits per heavy atom. The second-order valence-electron chi connectivity index (χ2n) is 8.67. The highest BCUT2D eigenvalue weighted by molar-refractivity contribution is 5.79. The minimum Gasteiger partial charge on any atom is -0.354 e. The van der Waals surface area contributed by atoms with Gasteiger partial charge in [0.2, 0.25) is 11.8 Å². The fraction of sp³-hybridized carbons (Fsp3) is 0.538. The van der Waals surface area contributed by atoms with Crippen LogP contribution >= 0.6 is 0 Å². The zero-order chi connectivity index (χ0) is 24.1. The zero-order valence-electron chi connectivity index (χ0n) is 20.1. The summed E-state index contributed by atoms with van der Waals surface area (Å²) in [5.74, 6) is 0.214. The standard InChI is InChI=1S/C26H37N5O2/c1-4-6-7-8-9-25(32)29-17-24(20(3)5-2)30-26(33)14-23-16-28-19-31(23)18-22-12-10-21(15-27)11-13-22/h10-13,16,19-20,24H,4-9,14,17-18H2,1-3H3,(H,29,32)(H,30,33)/t20-,24+/m0/s1. The molecule has 2 rings (SSSR count). The number of carbonyl (C=O) groups excluding carboxylic acids is 2. The molecule has 0 saturated carbocycles. The third-order valence-corrected chi connectivity index (χ3v) is 6.03. The number of nitrogens with zero attached hydrogens (tertiary/aromatic N) is 3. The second kappa shape index (κ2) is 14.1. The zero-order valence-corrected chi connectivity index (χ0v) is 20.1. The summed E-state index contributed by atoms with van der Waals surface area (Å²) in [6, 6.07) is 9.39. The van der Waals surface area contributed by atoms with E-state index in [9.17, 15) is 9.59 Å². The van der Waals surface area contributed by atoms with Crippen LogP contribution in [0.15, 0.2) is 36.8 Å². The largest absolute Gasteiger partial charge is 0.354 e. The van der Waals surface area contributed by atoms with Gasteiger partial charge in [-0.1, -0.05) is 58.6 Å². The number of carbonyl (C=O) groups is 2. The van der Waals surface area contributed by atoms with E-state index in [-0.39, 0.29) is 30.2 Å². The van der Waals surface area contributed by atoms with Crippen LogP contribution in [0.1, 0.15) is 76.1 Å². The Labute approximate surface area is 197 Å². The molecule has 7 nitrogen and oxygen atoms in total. The smallest absolute Gasteiger partial charge is 0.226 e. The number of nitriles is 1. The molecule has 0 unspecified atom stereocenters. The van der Waals surface area contributed by atoms with Crippen molar-refractivity contribution in [3.8, 4) is 6.07 Å². The number of nitrogens with one attached hydrogen (secondary N) is 2. The van der Waals surface area contributed by atoms with Crippen molar-refractivity contribution in [2.24, 2.45) is 5.92 Å². The number of hydrogen-bond acceptors (Lipinski definition) is 4. The fourth-order valence-electron chi connectivity index (χ4n) is 3.64. The predicted molar refractivity (Wildman–Crippen MR) is 129 cm³/mol. The van der Waals surface area contributed by atoms with Crippen LogP contribution in [-0.2, 0) is 22.6 Å². The third-order valence-electron chi connectivity index (χ3n) is 6.03. The highest BCUT2D eigenvalue weighted by Crippen LogP contribution is 2.11. The molecule has 7 heteroatoms. The van der Waals surface area contributed by atoms with Gasteiger partial charge in [-0.3, -0.25) is 9.59 Å². The Morgan fingerprint density at radius 1 is 1.12 bits per heavy atom. The summed E-state index contributed by atoms with van der Waals surface area (Å²) in [5, 5.41) is 15.1. The molecule has 2 amide bonds. The molecule has 0 aliphatic carbocycles. The number of imidazole rings is 1. The van der Waals surface area contributed by atoms with E-state index in [2.05, 4.69) is 42.5 Å². The lowest BCUT2D eigenvalue weighted by Crippen LogP contribution is -2.47. The van der Waals surface area contributed by atoms with Crippen molar-refractivity contribution in [2.75, 3.05) is 6.54 Å². The predicted octanol–water partition coefficient (Wildman–Crippen LogP) is 3.96. The molecule has 1 aromatic heterocycles. The first-order chi connectivity index (χ1) is 16.0. The quantitative estimate of drug-likeness (QED) is 0.425. The van der Waals surface area contributed by atoms with Crippen LogP contribution in [-0.4, -0.2) is 34.0 Å². The molecule has 0 aliphatic rings. The second-order valence-corrected chi connectivity index (χ2v) is 8.67. The molecule has 2 aromatic rings. The molecule has 2 atom stereocenters. The Hall–Kier alpha value is -3.14. The van der Waals surface area contributed by atoms with Gasteiger partial charge in [-0.2, -0.15) is 5.26 Å². The van der Waals surface area contributed by atoms with Crippen molar-refractivity contribution < 1.29 is 9.59 Å². The van der Waals surface area contributed by atoms with E-state index in [4.69, 9.17) is 5.26 Å². The van der Waals surface area contributed by atoms with Crippen LogP contribution in [0.2, 0.25) is 0 Å². The van der Waals surface area contributed by atoms with Gasteiger partial charge >= 0.3 is 0 Å². The van der Waals surface area contributed by atoms with Crippen molar-refractivity contribution >= 4 is 11.8 Å². The number of hydrogen-bond donors (Lipinski definition) is 2. The first kappa shape index (κ1) is 26.1. The number of aromatic nitrogens is 2. The SMILES string of the molecule is CCCCCCC(=O)NC[C@@H](NC(=O)Cc1cncn1Cc1ccc(C#N)cc1)[C@@H](C)CC. The molecular weight excluding hydrogens is 414 g/mol. The lowest BCUT2D eigenvalue weighted by Gasteiger charge is -2.25. The van der Waals surface area contributed by atoms with E-state index in [0.717, 1.165) is 43.4 Å². The van der Waals surface area contributed by atoms with Crippen molar-refractivity contribution in [3.05, 3.63) is 53.6 Å². The number of benzene rings is 1. The first-order valence-corrected chi connectivity index (χ1v) is 12.0. The molecule has 33 heavy (non-hydrogen) atoms. The molecule has 1 heterocycles. The molecule has 0 radical (unpaired) electrons. The molecule has 1 aromatic carbocycles. The lowest BCUT2D eigenvalue weighted by atomic mass is 9.98. The van der Waals surface area contributed by atoms with Crippen LogP contribution < -0.4 is 10.6 Å². The van der Waals surface area contributed by atoms with Crippen molar-refractivity contribution in [2.45, 2.75) is 78.3 Å². The monoisotopic (exact) mass is 451 g/mol. The summed E-state index contributed by atoms with van der Waals surface area (Å²) < 4.78 is 1.94. The van der Waals surface area contributed by atoms with E-state index >= 15 is 0 Å². The summed E-state index contributed by atoms with van der Waals surface area (Å²) >= 11 is 0. The van der Waals surface area contributed by atoms with Gasteiger partial charge in [-0.05, 0) is 30.0 Å². The normalized spacial score (nSPS) is 12.5. The minimum atomic E-state index is -0.114. The molecule has 178 valence electrons. The van der Waals surface area contributed by atoms with Crippen LogP contribution in [0.3, 0.4) is 0 Å². The Kier molecular flexibility index (Phi) is 11.2. The average molecular weight is 452 g/mol. The molecule has 0 bridgehead atoms. The van der Waals surface area contributed by atoms with Gasteiger partial charge < -0.3 is 15.2 Å². The van der Waals surface area contributed by atoms with E-state index in [1.54, 1.807) is 24.7 Å². The van der Waals surface area contributed by atoms with Gasteiger partial charge in [0, 0.05) is 37.4 Å². The Balaban J connectivity index is 1.90. The Morgan fingerprint density at radius 3 is 2.55 bits per heavy atom. The lowest BCUT2D eigenvalue weighted by molar-refractivity contribution is -0.123. The number of unbranched alkanes of at least 4 members (excludes halogenated alkanes) is 3. The van der Waals surface area contributed by atoms with E-state index in [0.29, 0.717) is 25.1 Å². The van der Waals surface area contributed by atoms with Gasteiger partial charge in [0.15, 0.2) is 0 Å². The average Bonchev–Trinajstić information content (AvgIpc) is 3.25. The number of rotatable bonds is 14. The fourth-order valence-corrected chi connectivity index (χ4v) is 3.64. The summed E-state index contributed by atoms with van der Waals surface area (Å²) in [7, 11) is 0. The molecule has 0 spiro atoms. The first-order valence-electron chi connectivity index (χ1n) is 12.0. The van der Waals surface area contributed by atoms with Crippen LogP contribution in [0.4, 0.5) is 0 Å². The summed E-state index contributed by atoms with van der Waals surface area (Å²) in [5.41, 5.74) is 2.47. The molecule has 2 N–H and O–H groups in total. The summed E-state index contributed by atoms with van der Waals surface area (Å²) in [6.45, 7) is 7.35. The van der Waals surface area contributed by atoms with Crippen LogP contribution in [0.25, 0.3) is 0 Å². The van der Waals surface area contributed by atoms with Crippen molar-refractivity contribution in [3.63, 3.8) is 0 Å². The van der Waals surface area contributed by atoms with Gasteiger partial charge in [0.1, 0.15) is 0 Å². The maximum absolute atomic E-state index is 12.8. The van der Waals surface area contributed by atoms with Gasteiger partial charge in [0.05, 0.1) is 24.4 Å². The van der Waals surface area contributed by atoms with Crippen molar-refractivity contribution in [1.82, 2.24) is 20.2 Å². The van der Waals surface area contributed by atoms with Crippen LogP contribution in [0.5, 0.6) is 0 Å². The Bertz CT molecular complexity index is 914. The van der Waals surface area contributed by atoms with E-state index in [1.807, 2.05) is 16.7 Å². The van der Waals surface area contributed by atoms with Crippen LogP contribution in [0, 0.1) is 17.2 Å². The molecule has 0 aliphatic heterocycles.